The number of carbonyl (C=O) groups excluding carboxylic acids is 1. The number of hydroxylamine groups is 1. The lowest BCUT2D eigenvalue weighted by molar-refractivity contribution is -0.129. The van der Waals surface area contributed by atoms with E-state index in [1.807, 2.05) is 11.5 Å². The molecule has 170 valence electrons. The zero-order chi connectivity index (χ0) is 22.5. The number of morpholine rings is 1. The first kappa shape index (κ1) is 21.9. The summed E-state index contributed by atoms with van der Waals surface area (Å²) in [5.41, 5.74) is 4.13. The number of halogens is 1. The molecule has 0 unspecified atom stereocenters. The third-order valence-corrected chi connectivity index (χ3v) is 5.22. The maximum Gasteiger partial charge on any atom is 0.243 e. The summed E-state index contributed by atoms with van der Waals surface area (Å²) in [6, 6.07) is 4.54. The molecule has 1 fully saturated rings. The van der Waals surface area contributed by atoms with Crippen molar-refractivity contribution >= 4 is 23.0 Å². The van der Waals surface area contributed by atoms with Gasteiger partial charge in [0.1, 0.15) is 11.2 Å². The standard InChI is InChI=1S/C21H25FN6O4/c1-2-27-13-23-19-18(24-21(25-20(19)27)28-7-10-31-11-8-28)14-5-6-15(22)16(12-14)32-9-3-4-17(29)26-30/h5-6,12-13,30H,2-4,7-11H2,1H3,(H,26,29). The molecule has 0 saturated carbocycles. The number of hydrogen-bond acceptors (Lipinski definition) is 8. The van der Waals surface area contributed by atoms with Gasteiger partial charge in [-0.2, -0.15) is 4.98 Å². The summed E-state index contributed by atoms with van der Waals surface area (Å²) in [6.07, 6.45) is 2.12. The molecule has 3 aromatic rings. The Morgan fingerprint density at radius 1 is 1.31 bits per heavy atom. The second-order valence-corrected chi connectivity index (χ2v) is 7.31. The minimum atomic E-state index is -0.520. The first-order valence-electron chi connectivity index (χ1n) is 10.5. The number of aromatic nitrogens is 4. The number of rotatable bonds is 8. The van der Waals surface area contributed by atoms with E-state index in [1.54, 1.807) is 23.9 Å². The number of fused-ring (bicyclic) bond motifs is 1. The van der Waals surface area contributed by atoms with Gasteiger partial charge in [-0.05, 0) is 31.5 Å². The van der Waals surface area contributed by atoms with E-state index in [9.17, 15) is 9.18 Å². The quantitative estimate of drug-likeness (QED) is 0.309. The van der Waals surface area contributed by atoms with Crippen molar-refractivity contribution in [3.8, 4) is 17.0 Å². The molecular formula is C21H25FN6O4. The largest absolute Gasteiger partial charge is 0.490 e. The van der Waals surface area contributed by atoms with Gasteiger partial charge in [-0.25, -0.2) is 19.8 Å². The summed E-state index contributed by atoms with van der Waals surface area (Å²) in [4.78, 5) is 27.2. The number of amides is 1. The number of imidazole rings is 1. The monoisotopic (exact) mass is 444 g/mol. The van der Waals surface area contributed by atoms with Gasteiger partial charge in [-0.1, -0.05) is 0 Å². The van der Waals surface area contributed by atoms with E-state index in [-0.39, 0.29) is 18.8 Å². The van der Waals surface area contributed by atoms with Gasteiger partial charge in [-0.3, -0.25) is 10.0 Å². The van der Waals surface area contributed by atoms with E-state index in [1.165, 1.54) is 6.07 Å². The molecule has 1 aromatic carbocycles. The van der Waals surface area contributed by atoms with Gasteiger partial charge >= 0.3 is 0 Å². The van der Waals surface area contributed by atoms with Crippen LogP contribution in [0.2, 0.25) is 0 Å². The Labute approximate surface area is 184 Å². The minimum Gasteiger partial charge on any atom is -0.490 e. The van der Waals surface area contributed by atoms with Gasteiger partial charge in [0, 0.05) is 31.6 Å². The molecule has 2 aromatic heterocycles. The molecule has 1 aliphatic heterocycles. The van der Waals surface area contributed by atoms with Crippen molar-refractivity contribution in [3.63, 3.8) is 0 Å². The Hall–Kier alpha value is -3.31. The molecule has 2 N–H and O–H groups in total. The zero-order valence-corrected chi connectivity index (χ0v) is 17.8. The van der Waals surface area contributed by atoms with Crippen LogP contribution in [-0.2, 0) is 16.1 Å². The van der Waals surface area contributed by atoms with Crippen molar-refractivity contribution < 1.29 is 23.9 Å². The molecule has 1 amide bonds. The Bertz CT molecular complexity index is 1100. The minimum absolute atomic E-state index is 0.0570. The van der Waals surface area contributed by atoms with Crippen LogP contribution < -0.4 is 15.1 Å². The fourth-order valence-electron chi connectivity index (χ4n) is 3.50. The van der Waals surface area contributed by atoms with Crippen LogP contribution in [-0.4, -0.2) is 63.5 Å². The lowest BCUT2D eigenvalue weighted by Gasteiger charge is -2.27. The van der Waals surface area contributed by atoms with E-state index in [4.69, 9.17) is 24.6 Å². The number of anilines is 1. The third kappa shape index (κ3) is 4.63. The number of benzene rings is 1. The second-order valence-electron chi connectivity index (χ2n) is 7.31. The van der Waals surface area contributed by atoms with Gasteiger partial charge in [0.05, 0.1) is 26.1 Å². The van der Waals surface area contributed by atoms with Crippen molar-refractivity contribution in [3.05, 3.63) is 30.3 Å². The van der Waals surface area contributed by atoms with E-state index < -0.39 is 11.7 Å². The lowest BCUT2D eigenvalue weighted by Crippen LogP contribution is -2.37. The second kappa shape index (κ2) is 9.88. The van der Waals surface area contributed by atoms with Gasteiger partial charge < -0.3 is 18.9 Å². The van der Waals surface area contributed by atoms with Crippen molar-refractivity contribution in [2.45, 2.75) is 26.3 Å². The smallest absolute Gasteiger partial charge is 0.243 e. The number of carbonyl (C=O) groups is 1. The van der Waals surface area contributed by atoms with Gasteiger partial charge in [0.2, 0.25) is 11.9 Å². The molecule has 0 radical (unpaired) electrons. The number of nitrogens with one attached hydrogen (secondary N) is 1. The average Bonchev–Trinajstić information content (AvgIpc) is 3.25. The maximum atomic E-state index is 14.4. The van der Waals surface area contributed by atoms with Crippen LogP contribution in [0.15, 0.2) is 24.5 Å². The molecule has 1 saturated heterocycles. The molecule has 0 bridgehead atoms. The zero-order valence-electron chi connectivity index (χ0n) is 17.8. The fourth-order valence-corrected chi connectivity index (χ4v) is 3.50. The average molecular weight is 444 g/mol. The van der Waals surface area contributed by atoms with Gasteiger partial charge in [0.25, 0.3) is 0 Å². The van der Waals surface area contributed by atoms with Gasteiger partial charge in [-0.15, -0.1) is 0 Å². The van der Waals surface area contributed by atoms with Gasteiger partial charge in [0.15, 0.2) is 17.2 Å². The molecule has 4 rings (SSSR count). The topological polar surface area (TPSA) is 115 Å². The SMILES string of the molecule is CCn1cnc2c(-c3ccc(F)c(OCCCC(=O)NO)c3)nc(N3CCOCC3)nc21. The molecule has 32 heavy (non-hydrogen) atoms. The highest BCUT2D eigenvalue weighted by Crippen LogP contribution is 2.31. The Morgan fingerprint density at radius 3 is 2.88 bits per heavy atom. The molecule has 0 atom stereocenters. The van der Waals surface area contributed by atoms with E-state index in [2.05, 4.69) is 9.88 Å². The lowest BCUT2D eigenvalue weighted by atomic mass is 10.1. The molecule has 3 heterocycles. The molecule has 0 aliphatic carbocycles. The van der Waals surface area contributed by atoms with Crippen molar-refractivity contribution in [1.29, 1.82) is 0 Å². The van der Waals surface area contributed by atoms with E-state index in [0.29, 0.717) is 67.6 Å². The Kier molecular flexibility index (Phi) is 6.76. The highest BCUT2D eigenvalue weighted by molar-refractivity contribution is 5.88. The summed E-state index contributed by atoms with van der Waals surface area (Å²) in [5, 5.41) is 8.55. The predicted molar refractivity (Wildman–Crippen MR) is 114 cm³/mol. The summed E-state index contributed by atoms with van der Waals surface area (Å²) >= 11 is 0. The summed E-state index contributed by atoms with van der Waals surface area (Å²) in [7, 11) is 0. The Morgan fingerprint density at radius 2 is 2.12 bits per heavy atom. The molecular weight excluding hydrogens is 419 g/mol. The van der Waals surface area contributed by atoms with E-state index in [0.717, 1.165) is 0 Å². The summed E-state index contributed by atoms with van der Waals surface area (Å²) < 4.78 is 27.3. The van der Waals surface area contributed by atoms with Crippen LogP contribution in [0.3, 0.4) is 0 Å². The van der Waals surface area contributed by atoms with Crippen molar-refractivity contribution in [1.82, 2.24) is 25.0 Å². The predicted octanol–water partition coefficient (Wildman–Crippen LogP) is 2.15. The van der Waals surface area contributed by atoms with Crippen molar-refractivity contribution in [2.75, 3.05) is 37.8 Å². The first-order valence-corrected chi connectivity index (χ1v) is 10.5. The van der Waals surface area contributed by atoms with Crippen LogP contribution in [0.1, 0.15) is 19.8 Å². The molecule has 11 heteroatoms. The normalized spacial score (nSPS) is 14.0. The maximum absolute atomic E-state index is 14.4. The van der Waals surface area contributed by atoms with Crippen LogP contribution in [0, 0.1) is 5.82 Å². The highest BCUT2D eigenvalue weighted by atomic mass is 19.1. The van der Waals surface area contributed by atoms with Crippen LogP contribution in [0.5, 0.6) is 5.75 Å². The molecule has 1 aliphatic rings. The van der Waals surface area contributed by atoms with Crippen LogP contribution in [0.25, 0.3) is 22.4 Å². The highest BCUT2D eigenvalue weighted by Gasteiger charge is 2.20. The number of aryl methyl sites for hydroxylation is 1. The summed E-state index contributed by atoms with van der Waals surface area (Å²) in [5.74, 6) is -0.402. The number of nitrogens with zero attached hydrogens (tertiary/aromatic N) is 5. The Balaban J connectivity index is 1.67. The first-order chi connectivity index (χ1) is 15.6. The number of hydrogen-bond donors (Lipinski definition) is 2. The summed E-state index contributed by atoms with van der Waals surface area (Å²) in [6.45, 7) is 5.41. The molecule has 10 nitrogen and oxygen atoms in total. The van der Waals surface area contributed by atoms with Crippen molar-refractivity contribution in [2.24, 2.45) is 0 Å². The fraction of sp³-hybridized carbons (Fsp3) is 0.429. The van der Waals surface area contributed by atoms with Crippen LogP contribution >= 0.6 is 0 Å². The molecule has 0 spiro atoms. The van der Waals surface area contributed by atoms with E-state index >= 15 is 0 Å². The van der Waals surface area contributed by atoms with Crippen LogP contribution in [0.4, 0.5) is 10.3 Å². The third-order valence-electron chi connectivity index (χ3n) is 5.22. The number of ether oxygens (including phenoxy) is 2.